The number of methoxy groups -OCH3 is 1. The predicted molar refractivity (Wildman–Crippen MR) is 72.0 cm³/mol. The van der Waals surface area contributed by atoms with Crippen molar-refractivity contribution >= 4 is 22.9 Å². The molecule has 0 atom stereocenters. The summed E-state index contributed by atoms with van der Waals surface area (Å²) >= 11 is 5.02. The lowest BCUT2D eigenvalue weighted by molar-refractivity contribution is 0.198. The van der Waals surface area contributed by atoms with Crippen LogP contribution in [0.25, 0.3) is 0 Å². The van der Waals surface area contributed by atoms with Crippen molar-refractivity contribution in [3.8, 4) is 0 Å². The second-order valence-electron chi connectivity index (χ2n) is 3.69. The first-order valence-electron chi connectivity index (χ1n) is 5.28. The molecule has 0 aromatic heterocycles. The lowest BCUT2D eigenvalue weighted by atomic mass is 10.1. The van der Waals surface area contributed by atoms with E-state index in [9.17, 15) is 0 Å². The van der Waals surface area contributed by atoms with E-state index < -0.39 is 0 Å². The van der Waals surface area contributed by atoms with Crippen LogP contribution in [0.15, 0.2) is 18.2 Å². The Bertz CT molecular complexity index is 366. The van der Waals surface area contributed by atoms with E-state index in [0.29, 0.717) is 4.99 Å². The molecule has 0 aliphatic heterocycles. The Morgan fingerprint density at radius 2 is 2.25 bits per heavy atom. The highest BCUT2D eigenvalue weighted by molar-refractivity contribution is 7.80. The van der Waals surface area contributed by atoms with E-state index in [0.717, 1.165) is 36.4 Å². The van der Waals surface area contributed by atoms with E-state index in [1.807, 2.05) is 25.1 Å². The SMILES string of the molecule is COCCCNc1ccc(C)cc1C(N)=S. The van der Waals surface area contributed by atoms with Crippen LogP contribution in [0.2, 0.25) is 0 Å². The van der Waals surface area contributed by atoms with E-state index in [-0.39, 0.29) is 0 Å². The van der Waals surface area contributed by atoms with Crippen molar-refractivity contribution in [2.24, 2.45) is 5.73 Å². The first kappa shape index (κ1) is 12.9. The Hall–Kier alpha value is -1.13. The van der Waals surface area contributed by atoms with Gasteiger partial charge in [-0.2, -0.15) is 0 Å². The topological polar surface area (TPSA) is 47.3 Å². The maximum absolute atomic E-state index is 5.68. The zero-order valence-corrected chi connectivity index (χ0v) is 10.6. The molecule has 0 fully saturated rings. The van der Waals surface area contributed by atoms with Gasteiger partial charge in [-0.15, -0.1) is 0 Å². The number of hydrogen-bond donors (Lipinski definition) is 2. The third-order valence-corrected chi connectivity index (χ3v) is 2.50. The summed E-state index contributed by atoms with van der Waals surface area (Å²) in [5.41, 5.74) is 8.74. The largest absolute Gasteiger partial charge is 0.389 e. The van der Waals surface area contributed by atoms with Crippen molar-refractivity contribution in [1.82, 2.24) is 0 Å². The average Bonchev–Trinajstić information content (AvgIpc) is 2.26. The molecule has 3 nitrogen and oxygen atoms in total. The van der Waals surface area contributed by atoms with Crippen LogP contribution in [0.1, 0.15) is 17.5 Å². The minimum absolute atomic E-state index is 0.429. The highest BCUT2D eigenvalue weighted by atomic mass is 32.1. The van der Waals surface area contributed by atoms with Gasteiger partial charge in [0.05, 0.1) is 0 Å². The molecular formula is C12H18N2OS. The van der Waals surface area contributed by atoms with Crippen molar-refractivity contribution in [2.75, 3.05) is 25.6 Å². The fourth-order valence-electron chi connectivity index (χ4n) is 1.46. The van der Waals surface area contributed by atoms with E-state index >= 15 is 0 Å². The van der Waals surface area contributed by atoms with Gasteiger partial charge in [0.2, 0.25) is 0 Å². The summed E-state index contributed by atoms with van der Waals surface area (Å²) in [4.78, 5) is 0.429. The standard InChI is InChI=1S/C12H18N2OS/c1-9-4-5-11(10(8-9)12(13)16)14-6-3-7-15-2/h4-5,8,14H,3,6-7H2,1-2H3,(H2,13,16). The minimum atomic E-state index is 0.429. The molecule has 0 saturated heterocycles. The third-order valence-electron chi connectivity index (χ3n) is 2.28. The fraction of sp³-hybridized carbons (Fsp3) is 0.417. The van der Waals surface area contributed by atoms with Crippen molar-refractivity contribution in [1.29, 1.82) is 0 Å². The van der Waals surface area contributed by atoms with Gasteiger partial charge < -0.3 is 15.8 Å². The molecule has 0 unspecified atom stereocenters. The van der Waals surface area contributed by atoms with E-state index in [1.165, 1.54) is 0 Å². The quantitative estimate of drug-likeness (QED) is 0.588. The summed E-state index contributed by atoms with van der Waals surface area (Å²) in [7, 11) is 1.70. The number of nitrogens with one attached hydrogen (secondary N) is 1. The zero-order valence-electron chi connectivity index (χ0n) is 9.75. The first-order valence-corrected chi connectivity index (χ1v) is 5.69. The van der Waals surface area contributed by atoms with E-state index in [4.69, 9.17) is 22.7 Å². The van der Waals surface area contributed by atoms with Gasteiger partial charge >= 0.3 is 0 Å². The second-order valence-corrected chi connectivity index (χ2v) is 4.13. The van der Waals surface area contributed by atoms with E-state index in [1.54, 1.807) is 7.11 Å². The lowest BCUT2D eigenvalue weighted by Gasteiger charge is -2.11. The maximum atomic E-state index is 5.68. The Kier molecular flexibility index (Phi) is 5.22. The summed E-state index contributed by atoms with van der Waals surface area (Å²) in [6, 6.07) is 6.05. The van der Waals surface area contributed by atoms with Crippen molar-refractivity contribution in [3.05, 3.63) is 29.3 Å². The lowest BCUT2D eigenvalue weighted by Crippen LogP contribution is -2.14. The first-order chi connectivity index (χ1) is 7.65. The van der Waals surface area contributed by atoms with Crippen LogP contribution in [0.3, 0.4) is 0 Å². The van der Waals surface area contributed by atoms with Crippen molar-refractivity contribution in [2.45, 2.75) is 13.3 Å². The van der Waals surface area contributed by atoms with Gasteiger partial charge in [0.15, 0.2) is 0 Å². The van der Waals surface area contributed by atoms with Gasteiger partial charge in [-0.3, -0.25) is 0 Å². The predicted octanol–water partition coefficient (Wildman–Crippen LogP) is 2.08. The van der Waals surface area contributed by atoms with Crippen LogP contribution in [-0.4, -0.2) is 25.2 Å². The molecule has 0 aliphatic rings. The third kappa shape index (κ3) is 3.79. The number of benzene rings is 1. The molecule has 3 N–H and O–H groups in total. The molecule has 0 radical (unpaired) electrons. The van der Waals surface area contributed by atoms with Crippen LogP contribution >= 0.6 is 12.2 Å². The number of rotatable bonds is 6. The Morgan fingerprint density at radius 1 is 1.50 bits per heavy atom. The summed E-state index contributed by atoms with van der Waals surface area (Å²) in [6.45, 7) is 3.63. The Morgan fingerprint density at radius 3 is 2.88 bits per heavy atom. The van der Waals surface area contributed by atoms with Crippen LogP contribution in [0.4, 0.5) is 5.69 Å². The van der Waals surface area contributed by atoms with Gasteiger partial charge in [0.25, 0.3) is 0 Å². The number of ether oxygens (including phenoxy) is 1. The van der Waals surface area contributed by atoms with Gasteiger partial charge in [0.1, 0.15) is 4.99 Å². The van der Waals surface area contributed by atoms with Crippen LogP contribution < -0.4 is 11.1 Å². The van der Waals surface area contributed by atoms with Gasteiger partial charge in [-0.25, -0.2) is 0 Å². The van der Waals surface area contributed by atoms with Crippen LogP contribution in [0.5, 0.6) is 0 Å². The molecule has 16 heavy (non-hydrogen) atoms. The van der Waals surface area contributed by atoms with Gasteiger partial charge in [0, 0.05) is 31.5 Å². The molecule has 88 valence electrons. The highest BCUT2D eigenvalue weighted by Crippen LogP contribution is 2.17. The molecule has 0 bridgehead atoms. The molecule has 0 saturated carbocycles. The molecule has 0 heterocycles. The van der Waals surface area contributed by atoms with Crippen LogP contribution in [0, 0.1) is 6.92 Å². The van der Waals surface area contributed by atoms with Crippen molar-refractivity contribution < 1.29 is 4.74 Å². The summed E-state index contributed by atoms with van der Waals surface area (Å²) in [6.07, 6.45) is 0.959. The molecule has 0 spiro atoms. The fourth-order valence-corrected chi connectivity index (χ4v) is 1.62. The number of thiocarbonyl (C=S) groups is 1. The smallest absolute Gasteiger partial charge is 0.106 e. The molecule has 1 rings (SSSR count). The summed E-state index contributed by atoms with van der Waals surface area (Å²) in [5, 5.41) is 3.31. The normalized spacial score (nSPS) is 10.1. The number of nitrogens with two attached hydrogens (primary N) is 1. The average molecular weight is 238 g/mol. The molecule has 1 aromatic carbocycles. The monoisotopic (exact) mass is 238 g/mol. The van der Waals surface area contributed by atoms with Gasteiger partial charge in [-0.05, 0) is 25.5 Å². The zero-order chi connectivity index (χ0) is 12.0. The highest BCUT2D eigenvalue weighted by Gasteiger charge is 2.04. The Labute approximate surface area is 102 Å². The molecular weight excluding hydrogens is 220 g/mol. The number of aryl methyl sites for hydroxylation is 1. The number of hydrogen-bond acceptors (Lipinski definition) is 3. The molecule has 0 aliphatic carbocycles. The minimum Gasteiger partial charge on any atom is -0.389 e. The maximum Gasteiger partial charge on any atom is 0.106 e. The summed E-state index contributed by atoms with van der Waals surface area (Å²) in [5.74, 6) is 0. The second kappa shape index (κ2) is 6.45. The molecule has 1 aromatic rings. The molecule has 4 heteroatoms. The summed E-state index contributed by atoms with van der Waals surface area (Å²) < 4.78 is 4.99. The van der Waals surface area contributed by atoms with E-state index in [2.05, 4.69) is 5.32 Å². The Balaban J connectivity index is 2.67. The van der Waals surface area contributed by atoms with Crippen molar-refractivity contribution in [3.63, 3.8) is 0 Å². The number of anilines is 1. The van der Waals surface area contributed by atoms with Gasteiger partial charge in [-0.1, -0.05) is 23.8 Å². The molecule has 0 amide bonds. The van der Waals surface area contributed by atoms with Crippen LogP contribution in [-0.2, 0) is 4.74 Å².